The van der Waals surface area contributed by atoms with E-state index in [1.165, 1.54) is 25.2 Å². The van der Waals surface area contributed by atoms with E-state index in [1.807, 2.05) is 32.0 Å². The molecule has 1 atom stereocenters. The molecule has 2 aliphatic heterocycles. The Bertz CT molecular complexity index is 1230. The SMILES string of the molecule is COC(=O)[C@@H]1CCCN1C(=O)c1c(OC)cc(=O)n2c1CCN(C(=O)c1cc(C)ccc1C)CC2. The number of carbonyl (C=O) groups excluding carboxylic acids is 3. The summed E-state index contributed by atoms with van der Waals surface area (Å²) in [5.41, 5.74) is 3.02. The van der Waals surface area contributed by atoms with Gasteiger partial charge in [-0.2, -0.15) is 0 Å². The third-order valence-corrected chi connectivity index (χ3v) is 6.92. The minimum atomic E-state index is -0.669. The number of pyridine rings is 1. The molecule has 2 aliphatic rings. The molecule has 0 radical (unpaired) electrons. The maximum Gasteiger partial charge on any atom is 0.328 e. The van der Waals surface area contributed by atoms with Crippen molar-refractivity contribution >= 4 is 17.8 Å². The molecule has 2 amide bonds. The lowest BCUT2D eigenvalue weighted by Gasteiger charge is -2.25. The predicted molar refractivity (Wildman–Crippen MR) is 129 cm³/mol. The van der Waals surface area contributed by atoms with Gasteiger partial charge in [0.25, 0.3) is 17.4 Å². The summed E-state index contributed by atoms with van der Waals surface area (Å²) in [4.78, 5) is 55.5. The van der Waals surface area contributed by atoms with E-state index < -0.39 is 12.0 Å². The minimum Gasteiger partial charge on any atom is -0.496 e. The molecule has 1 aromatic carbocycles. The van der Waals surface area contributed by atoms with Crippen LogP contribution in [-0.4, -0.2) is 72.0 Å². The molecule has 0 unspecified atom stereocenters. The molecule has 0 aliphatic carbocycles. The number of aryl methyl sites for hydroxylation is 2. The van der Waals surface area contributed by atoms with Gasteiger partial charge in [0.2, 0.25) is 0 Å². The highest BCUT2D eigenvalue weighted by Crippen LogP contribution is 2.29. The molecule has 4 rings (SSSR count). The fourth-order valence-electron chi connectivity index (χ4n) is 5.01. The number of ether oxygens (including phenoxy) is 2. The van der Waals surface area contributed by atoms with Gasteiger partial charge in [0.15, 0.2) is 0 Å². The second-order valence-corrected chi connectivity index (χ2v) is 9.06. The van der Waals surface area contributed by atoms with Gasteiger partial charge in [-0.25, -0.2) is 4.79 Å². The van der Waals surface area contributed by atoms with Gasteiger partial charge < -0.3 is 23.8 Å². The zero-order valence-electron chi connectivity index (χ0n) is 20.6. The van der Waals surface area contributed by atoms with Gasteiger partial charge >= 0.3 is 5.97 Å². The molecule has 0 spiro atoms. The molecular weight excluding hydrogens is 450 g/mol. The number of hydrogen-bond donors (Lipinski definition) is 0. The first-order valence-electron chi connectivity index (χ1n) is 11.8. The van der Waals surface area contributed by atoms with Crippen molar-refractivity contribution in [2.75, 3.05) is 33.9 Å². The van der Waals surface area contributed by atoms with Gasteiger partial charge in [-0.3, -0.25) is 14.4 Å². The molecule has 9 nitrogen and oxygen atoms in total. The van der Waals surface area contributed by atoms with Crippen LogP contribution in [0, 0.1) is 13.8 Å². The van der Waals surface area contributed by atoms with E-state index in [0.29, 0.717) is 50.2 Å². The van der Waals surface area contributed by atoms with Crippen LogP contribution in [0.15, 0.2) is 29.1 Å². The Balaban J connectivity index is 1.69. The normalized spacial score (nSPS) is 17.5. The minimum absolute atomic E-state index is 0.0998. The lowest BCUT2D eigenvalue weighted by Crippen LogP contribution is -2.42. The van der Waals surface area contributed by atoms with Crippen molar-refractivity contribution in [2.24, 2.45) is 0 Å². The monoisotopic (exact) mass is 481 g/mol. The van der Waals surface area contributed by atoms with Gasteiger partial charge in [0.05, 0.1) is 14.2 Å². The van der Waals surface area contributed by atoms with Crippen molar-refractivity contribution in [2.45, 2.75) is 45.7 Å². The highest BCUT2D eigenvalue weighted by molar-refractivity contribution is 6.00. The maximum absolute atomic E-state index is 13.7. The van der Waals surface area contributed by atoms with Crippen LogP contribution in [0.25, 0.3) is 0 Å². The first kappa shape index (κ1) is 24.5. The Hall–Kier alpha value is -3.62. The molecular formula is C26H31N3O6. The van der Waals surface area contributed by atoms with Crippen LogP contribution < -0.4 is 10.3 Å². The quantitative estimate of drug-likeness (QED) is 0.619. The number of nitrogens with zero attached hydrogens (tertiary/aromatic N) is 3. The maximum atomic E-state index is 13.7. The van der Waals surface area contributed by atoms with E-state index in [2.05, 4.69) is 0 Å². The number of esters is 1. The van der Waals surface area contributed by atoms with Crippen molar-refractivity contribution in [3.63, 3.8) is 0 Å². The summed E-state index contributed by atoms with van der Waals surface area (Å²) in [7, 11) is 2.72. The van der Waals surface area contributed by atoms with Crippen molar-refractivity contribution in [3.8, 4) is 5.75 Å². The van der Waals surface area contributed by atoms with Gasteiger partial charge in [-0.15, -0.1) is 0 Å². The number of aromatic nitrogens is 1. The summed E-state index contributed by atoms with van der Waals surface area (Å²) in [6.45, 7) is 5.21. The van der Waals surface area contributed by atoms with Crippen LogP contribution in [0.1, 0.15) is 50.4 Å². The summed E-state index contributed by atoms with van der Waals surface area (Å²) in [6, 6.07) is 6.41. The standard InChI is InChI=1S/C26H31N3O6/c1-16-7-8-17(2)18(14-16)24(31)27-11-9-19-23(21(34-3)15-22(30)28(19)13-12-27)25(32)29-10-5-6-20(29)26(33)35-4/h7-8,14-15,20H,5-6,9-13H2,1-4H3/t20-/m0/s1. The highest BCUT2D eigenvalue weighted by Gasteiger charge is 2.38. The van der Waals surface area contributed by atoms with E-state index in [1.54, 1.807) is 9.47 Å². The number of amides is 2. The number of rotatable bonds is 4. The topological polar surface area (TPSA) is 98.2 Å². The Morgan fingerprint density at radius 3 is 2.46 bits per heavy atom. The average molecular weight is 482 g/mol. The van der Waals surface area contributed by atoms with Gasteiger partial charge in [-0.05, 0) is 38.3 Å². The molecule has 0 bridgehead atoms. The lowest BCUT2D eigenvalue weighted by atomic mass is 10.0. The number of fused-ring (bicyclic) bond motifs is 1. The van der Waals surface area contributed by atoms with Crippen molar-refractivity contribution in [1.82, 2.24) is 14.4 Å². The first-order valence-corrected chi connectivity index (χ1v) is 11.8. The summed E-state index contributed by atoms with van der Waals surface area (Å²) in [6.07, 6.45) is 1.51. The Kier molecular flexibility index (Phi) is 6.95. The van der Waals surface area contributed by atoms with Crippen molar-refractivity contribution in [3.05, 3.63) is 62.6 Å². The van der Waals surface area contributed by atoms with E-state index in [-0.39, 0.29) is 35.2 Å². The van der Waals surface area contributed by atoms with Gasteiger partial charge in [0.1, 0.15) is 17.4 Å². The molecule has 3 heterocycles. The smallest absolute Gasteiger partial charge is 0.328 e. The van der Waals surface area contributed by atoms with Crippen LogP contribution >= 0.6 is 0 Å². The Labute approximate surface area is 204 Å². The third-order valence-electron chi connectivity index (χ3n) is 6.92. The largest absolute Gasteiger partial charge is 0.496 e. The van der Waals surface area contributed by atoms with E-state index in [0.717, 1.165) is 11.1 Å². The van der Waals surface area contributed by atoms with Gasteiger partial charge in [0, 0.05) is 49.9 Å². The molecule has 1 saturated heterocycles. The second kappa shape index (κ2) is 9.93. The van der Waals surface area contributed by atoms with E-state index >= 15 is 0 Å². The Morgan fingerprint density at radius 2 is 1.74 bits per heavy atom. The number of hydrogen-bond acceptors (Lipinski definition) is 6. The van der Waals surface area contributed by atoms with Crippen LogP contribution in [0.4, 0.5) is 0 Å². The summed E-state index contributed by atoms with van der Waals surface area (Å²) in [5.74, 6) is -0.750. The van der Waals surface area contributed by atoms with Crippen LogP contribution in [0.5, 0.6) is 5.75 Å². The fourth-order valence-corrected chi connectivity index (χ4v) is 5.01. The van der Waals surface area contributed by atoms with E-state index in [4.69, 9.17) is 9.47 Å². The fraction of sp³-hybridized carbons (Fsp3) is 0.462. The number of likely N-dealkylation sites (tertiary alicyclic amines) is 1. The van der Waals surface area contributed by atoms with Gasteiger partial charge in [-0.1, -0.05) is 17.7 Å². The average Bonchev–Trinajstić information content (AvgIpc) is 3.24. The lowest BCUT2D eigenvalue weighted by molar-refractivity contribution is -0.145. The molecule has 186 valence electrons. The van der Waals surface area contributed by atoms with E-state index in [9.17, 15) is 19.2 Å². The van der Waals surface area contributed by atoms with Crippen molar-refractivity contribution in [1.29, 1.82) is 0 Å². The number of benzene rings is 1. The predicted octanol–water partition coefficient (Wildman–Crippen LogP) is 1.95. The summed E-state index contributed by atoms with van der Waals surface area (Å²) >= 11 is 0. The molecule has 0 N–H and O–H groups in total. The Morgan fingerprint density at radius 1 is 0.971 bits per heavy atom. The number of carbonyl (C=O) groups is 3. The molecule has 1 fully saturated rings. The van der Waals surface area contributed by atoms with Crippen LogP contribution in [0.3, 0.4) is 0 Å². The molecule has 2 aromatic rings. The van der Waals surface area contributed by atoms with Crippen LogP contribution in [0.2, 0.25) is 0 Å². The zero-order valence-corrected chi connectivity index (χ0v) is 20.6. The molecule has 9 heteroatoms. The third kappa shape index (κ3) is 4.54. The zero-order chi connectivity index (χ0) is 25.3. The second-order valence-electron chi connectivity index (χ2n) is 9.06. The molecule has 0 saturated carbocycles. The summed E-state index contributed by atoms with van der Waals surface area (Å²) < 4.78 is 11.9. The first-order chi connectivity index (χ1) is 16.8. The highest BCUT2D eigenvalue weighted by atomic mass is 16.5. The summed E-state index contributed by atoms with van der Waals surface area (Å²) in [5, 5.41) is 0. The molecule has 1 aromatic heterocycles. The molecule has 35 heavy (non-hydrogen) atoms. The van der Waals surface area contributed by atoms with Crippen molar-refractivity contribution < 1.29 is 23.9 Å². The van der Waals surface area contributed by atoms with Crippen LogP contribution in [-0.2, 0) is 22.5 Å². The number of methoxy groups -OCH3 is 2.